The number of urea groups is 1. The maximum Gasteiger partial charge on any atom is 0.387 e. The van der Waals surface area contributed by atoms with Gasteiger partial charge in [-0.15, -0.1) is 0 Å². The molecule has 1 aliphatic rings. The molecule has 160 valence electrons. The molecule has 1 aromatic carbocycles. The van der Waals surface area contributed by atoms with E-state index in [-0.39, 0.29) is 23.1 Å². The predicted octanol–water partition coefficient (Wildman–Crippen LogP) is 3.00. The lowest BCUT2D eigenvalue weighted by Crippen LogP contribution is -2.48. The molecule has 1 saturated carbocycles. The van der Waals surface area contributed by atoms with E-state index in [4.69, 9.17) is 9.47 Å². The molecule has 8 nitrogen and oxygen atoms in total. The number of benzene rings is 1. The van der Waals surface area contributed by atoms with Crippen LogP contribution in [0.4, 0.5) is 13.6 Å². The topological polar surface area (TPSA) is 103 Å². The number of alkyl halides is 2. The summed E-state index contributed by atoms with van der Waals surface area (Å²) in [5.41, 5.74) is -0.0326. The zero-order chi connectivity index (χ0) is 21.4. The molecule has 2 N–H and O–H groups in total. The Bertz CT molecular complexity index is 737. The third kappa shape index (κ3) is 6.88. The summed E-state index contributed by atoms with van der Waals surface area (Å²) in [6, 6.07) is 2.86. The number of ether oxygens (including phenoxy) is 3. The van der Waals surface area contributed by atoms with Crippen LogP contribution in [0, 0.1) is 0 Å². The van der Waals surface area contributed by atoms with Gasteiger partial charge in [-0.3, -0.25) is 10.1 Å². The Morgan fingerprint density at radius 1 is 1.10 bits per heavy atom. The van der Waals surface area contributed by atoms with Gasteiger partial charge in [0.2, 0.25) is 0 Å². The minimum Gasteiger partial charge on any atom is -0.493 e. The summed E-state index contributed by atoms with van der Waals surface area (Å²) in [6.45, 7) is -1.74. The molecule has 0 heterocycles. The third-order valence-corrected chi connectivity index (χ3v) is 4.45. The number of carbonyl (C=O) groups is 3. The number of hydrogen-bond donors (Lipinski definition) is 2. The van der Waals surface area contributed by atoms with Gasteiger partial charge in [0.05, 0.1) is 12.7 Å². The largest absolute Gasteiger partial charge is 0.493 e. The summed E-state index contributed by atoms with van der Waals surface area (Å²) in [5, 5.41) is 4.87. The fourth-order valence-electron chi connectivity index (χ4n) is 2.95. The van der Waals surface area contributed by atoms with E-state index in [0.717, 1.165) is 44.2 Å². The van der Waals surface area contributed by atoms with Crippen LogP contribution in [0.15, 0.2) is 18.2 Å². The molecule has 0 saturated heterocycles. The first-order valence-corrected chi connectivity index (χ1v) is 9.25. The highest BCUT2D eigenvalue weighted by Gasteiger charge is 2.23. The third-order valence-electron chi connectivity index (χ3n) is 4.45. The van der Waals surface area contributed by atoms with E-state index in [9.17, 15) is 23.2 Å². The van der Waals surface area contributed by atoms with Crippen molar-refractivity contribution in [2.75, 3.05) is 7.11 Å². The second-order valence-corrected chi connectivity index (χ2v) is 6.59. The minimum atomic E-state index is -3.05. The quantitative estimate of drug-likeness (QED) is 0.665. The molecule has 0 aromatic heterocycles. The van der Waals surface area contributed by atoms with Crippen molar-refractivity contribution < 1.29 is 37.4 Å². The molecule has 1 fully saturated rings. The number of imide groups is 1. The SMILES string of the molecule is COc1cc(C(=O)O[C@@H](C)C(=O)NC(=O)NC2CCCCC2)ccc1OC(F)F. The van der Waals surface area contributed by atoms with Crippen LogP contribution in [0.3, 0.4) is 0 Å². The highest BCUT2D eigenvalue weighted by atomic mass is 19.3. The van der Waals surface area contributed by atoms with Crippen molar-refractivity contribution in [3.8, 4) is 11.5 Å². The van der Waals surface area contributed by atoms with Crippen molar-refractivity contribution >= 4 is 17.9 Å². The van der Waals surface area contributed by atoms with Crippen molar-refractivity contribution in [2.45, 2.75) is 57.8 Å². The number of amides is 3. The van der Waals surface area contributed by atoms with Gasteiger partial charge < -0.3 is 19.5 Å². The summed E-state index contributed by atoms with van der Waals surface area (Å²) in [7, 11) is 1.23. The van der Waals surface area contributed by atoms with Crippen molar-refractivity contribution in [1.29, 1.82) is 0 Å². The Morgan fingerprint density at radius 3 is 2.41 bits per heavy atom. The number of hydrogen-bond acceptors (Lipinski definition) is 6. The van der Waals surface area contributed by atoms with Crippen LogP contribution < -0.4 is 20.1 Å². The molecule has 0 unspecified atom stereocenters. The van der Waals surface area contributed by atoms with E-state index < -0.39 is 30.6 Å². The molecule has 0 bridgehead atoms. The average molecular weight is 414 g/mol. The monoisotopic (exact) mass is 414 g/mol. The van der Waals surface area contributed by atoms with Crippen molar-refractivity contribution in [3.63, 3.8) is 0 Å². The molecule has 3 amide bonds. The summed E-state index contributed by atoms with van der Waals surface area (Å²) < 4.78 is 39.0. The fourth-order valence-corrected chi connectivity index (χ4v) is 2.95. The Hall–Kier alpha value is -2.91. The highest BCUT2D eigenvalue weighted by Crippen LogP contribution is 2.29. The molecule has 1 atom stereocenters. The van der Waals surface area contributed by atoms with Crippen LogP contribution in [0.5, 0.6) is 11.5 Å². The van der Waals surface area contributed by atoms with E-state index in [2.05, 4.69) is 15.4 Å². The van der Waals surface area contributed by atoms with E-state index in [1.807, 2.05) is 0 Å². The number of halogens is 2. The van der Waals surface area contributed by atoms with Gasteiger partial charge in [0.15, 0.2) is 17.6 Å². The van der Waals surface area contributed by atoms with E-state index in [1.165, 1.54) is 20.1 Å². The molecule has 0 radical (unpaired) electrons. The highest BCUT2D eigenvalue weighted by molar-refractivity contribution is 5.98. The van der Waals surface area contributed by atoms with Crippen molar-refractivity contribution in [1.82, 2.24) is 10.6 Å². The molecule has 1 aromatic rings. The molecule has 1 aliphatic carbocycles. The summed E-state index contributed by atoms with van der Waals surface area (Å²) in [6.07, 6.45) is 3.65. The summed E-state index contributed by atoms with van der Waals surface area (Å²) in [5.74, 6) is -2.01. The Kier molecular flexibility index (Phi) is 8.17. The van der Waals surface area contributed by atoms with Gasteiger partial charge in [-0.1, -0.05) is 19.3 Å². The number of nitrogens with one attached hydrogen (secondary N) is 2. The zero-order valence-corrected chi connectivity index (χ0v) is 16.2. The van der Waals surface area contributed by atoms with Crippen LogP contribution in [-0.2, 0) is 9.53 Å². The zero-order valence-electron chi connectivity index (χ0n) is 16.2. The second kappa shape index (κ2) is 10.6. The lowest BCUT2D eigenvalue weighted by atomic mass is 9.96. The Morgan fingerprint density at radius 2 is 1.79 bits per heavy atom. The second-order valence-electron chi connectivity index (χ2n) is 6.59. The van der Waals surface area contributed by atoms with E-state index >= 15 is 0 Å². The maximum absolute atomic E-state index is 12.4. The van der Waals surface area contributed by atoms with Crippen LogP contribution in [0.1, 0.15) is 49.4 Å². The molecular formula is C19H24F2N2O6. The lowest BCUT2D eigenvalue weighted by Gasteiger charge is -2.23. The van der Waals surface area contributed by atoms with Gasteiger partial charge in [0.1, 0.15) is 0 Å². The van der Waals surface area contributed by atoms with Crippen LogP contribution in [-0.4, -0.2) is 43.8 Å². The van der Waals surface area contributed by atoms with E-state index in [1.54, 1.807) is 0 Å². The van der Waals surface area contributed by atoms with Crippen molar-refractivity contribution in [2.24, 2.45) is 0 Å². The molecule has 0 aliphatic heterocycles. The fraction of sp³-hybridized carbons (Fsp3) is 0.526. The first-order valence-electron chi connectivity index (χ1n) is 9.25. The van der Waals surface area contributed by atoms with Crippen LogP contribution in [0.2, 0.25) is 0 Å². The van der Waals surface area contributed by atoms with Gasteiger partial charge in [0.25, 0.3) is 5.91 Å². The number of carbonyl (C=O) groups excluding carboxylic acids is 3. The molecule has 10 heteroatoms. The first-order chi connectivity index (χ1) is 13.8. The molecule has 0 spiro atoms. The molecular weight excluding hydrogens is 390 g/mol. The maximum atomic E-state index is 12.4. The Labute approximate surface area is 166 Å². The van der Waals surface area contributed by atoms with Gasteiger partial charge in [-0.05, 0) is 38.0 Å². The molecule has 29 heavy (non-hydrogen) atoms. The van der Waals surface area contributed by atoms with Gasteiger partial charge in [0, 0.05) is 6.04 Å². The minimum absolute atomic E-state index is 0.0239. The van der Waals surface area contributed by atoms with Gasteiger partial charge in [-0.2, -0.15) is 8.78 Å². The number of rotatable bonds is 7. The summed E-state index contributed by atoms with van der Waals surface area (Å²) >= 11 is 0. The van der Waals surface area contributed by atoms with Crippen molar-refractivity contribution in [3.05, 3.63) is 23.8 Å². The lowest BCUT2D eigenvalue weighted by molar-refractivity contribution is -0.127. The molecule has 2 rings (SSSR count). The normalized spacial score (nSPS) is 15.3. The van der Waals surface area contributed by atoms with Crippen LogP contribution >= 0.6 is 0 Å². The number of methoxy groups -OCH3 is 1. The van der Waals surface area contributed by atoms with Gasteiger partial charge >= 0.3 is 18.6 Å². The average Bonchev–Trinajstić information content (AvgIpc) is 2.68. The summed E-state index contributed by atoms with van der Waals surface area (Å²) in [4.78, 5) is 36.2. The first kappa shape index (κ1) is 22.4. The smallest absolute Gasteiger partial charge is 0.387 e. The number of esters is 1. The standard InChI is InChI=1S/C19H24F2N2O6/c1-11(16(24)23-19(26)22-13-6-4-3-5-7-13)28-17(25)12-8-9-14(29-18(20)21)15(10-12)27-2/h8-11,13,18H,3-7H2,1-2H3,(H2,22,23,24,26)/t11-/m0/s1. The van der Waals surface area contributed by atoms with E-state index in [0.29, 0.717) is 0 Å². The Balaban J connectivity index is 1.90. The predicted molar refractivity (Wildman–Crippen MR) is 98.1 cm³/mol. The van der Waals surface area contributed by atoms with Gasteiger partial charge in [-0.25, -0.2) is 9.59 Å². The van der Waals surface area contributed by atoms with Crippen LogP contribution in [0.25, 0.3) is 0 Å².